The van der Waals surface area contributed by atoms with Gasteiger partial charge in [-0.1, -0.05) is 72.3 Å². The van der Waals surface area contributed by atoms with Crippen LogP contribution in [0.4, 0.5) is 10.5 Å². The van der Waals surface area contributed by atoms with E-state index >= 15 is 0 Å². The van der Waals surface area contributed by atoms with E-state index in [0.717, 1.165) is 11.1 Å². The van der Waals surface area contributed by atoms with Crippen LogP contribution in [-0.4, -0.2) is 63.1 Å². The van der Waals surface area contributed by atoms with Gasteiger partial charge in [-0.05, 0) is 62.1 Å². The van der Waals surface area contributed by atoms with Gasteiger partial charge in [0.1, 0.15) is 22.7 Å². The molecule has 0 bridgehead atoms. The summed E-state index contributed by atoms with van der Waals surface area (Å²) >= 11 is 7.66. The third-order valence-corrected chi connectivity index (χ3v) is 9.39. The molecule has 0 radical (unpaired) electrons. The number of fused-ring (bicyclic) bond motifs is 1. The van der Waals surface area contributed by atoms with Crippen molar-refractivity contribution < 1.29 is 28.7 Å². The van der Waals surface area contributed by atoms with E-state index in [-0.39, 0.29) is 22.5 Å². The Morgan fingerprint density at radius 3 is 2.30 bits per heavy atom. The average molecular weight is 673 g/mol. The summed E-state index contributed by atoms with van der Waals surface area (Å²) in [6.45, 7) is 5.58. The van der Waals surface area contributed by atoms with Crippen molar-refractivity contribution in [3.8, 4) is 0 Å². The Morgan fingerprint density at radius 2 is 1.68 bits per heavy atom. The van der Waals surface area contributed by atoms with Gasteiger partial charge in [-0.15, -0.1) is 11.8 Å². The van der Waals surface area contributed by atoms with Crippen LogP contribution in [0.5, 0.6) is 0 Å². The lowest BCUT2D eigenvalue weighted by molar-refractivity contribution is -0.153. The molecule has 10 nitrogen and oxygen atoms in total. The number of esters is 1. The third kappa shape index (κ3) is 6.77. The molecule has 242 valence electrons. The minimum absolute atomic E-state index is 0.0380. The summed E-state index contributed by atoms with van der Waals surface area (Å²) in [5.74, 6) is -1.18. The molecule has 3 aromatic rings. The zero-order chi connectivity index (χ0) is 33.3. The molecule has 6 rings (SSSR count). The number of carbonyl (C=O) groups excluding carboxylic acids is 4. The molecule has 2 atom stereocenters. The lowest BCUT2D eigenvalue weighted by atomic mass is 10.00. The summed E-state index contributed by atoms with van der Waals surface area (Å²) in [5.41, 5.74) is 2.22. The highest BCUT2D eigenvalue weighted by atomic mass is 35.5. The second kappa shape index (κ2) is 13.2. The van der Waals surface area contributed by atoms with Crippen molar-refractivity contribution in [3.63, 3.8) is 0 Å². The molecule has 1 N–H and O–H groups in total. The standard InChI is InChI=1S/C35H33ClN4O6S/c1-35(2,3)46-34(44)38-26-31(42)40-27(33(43)45-28(21-11-6-4-7-12-21)22-13-8-5-9-14-22)24(20-47-32(26)40)19-23-16-18-39(30(23)41)25-15-10-17-37-29(25)36/h4-15,17,19,26,28,32H,16,18,20H2,1-3H3,(H,38,44)/b23-19+/t26-,32-/m1/s1. The number of nitrogens with one attached hydrogen (secondary N) is 1. The summed E-state index contributed by atoms with van der Waals surface area (Å²) in [6.07, 6.45) is 2.14. The Hall–Kier alpha value is -4.61. The van der Waals surface area contributed by atoms with Gasteiger partial charge in [-0.25, -0.2) is 14.6 Å². The van der Waals surface area contributed by atoms with Gasteiger partial charge in [-0.3, -0.25) is 14.5 Å². The number of nitrogens with zero attached hydrogens (tertiary/aromatic N) is 3. The lowest BCUT2D eigenvalue weighted by Crippen LogP contribution is -2.70. The highest BCUT2D eigenvalue weighted by molar-refractivity contribution is 8.00. The predicted octanol–water partition coefficient (Wildman–Crippen LogP) is 5.79. The van der Waals surface area contributed by atoms with Gasteiger partial charge < -0.3 is 19.7 Å². The van der Waals surface area contributed by atoms with Crippen LogP contribution in [-0.2, 0) is 23.9 Å². The highest BCUT2D eigenvalue weighted by Crippen LogP contribution is 2.43. The number of allylic oxidation sites excluding steroid dienone is 1. The first kappa shape index (κ1) is 32.3. The summed E-state index contributed by atoms with van der Waals surface area (Å²) in [5, 5.41) is 2.30. The maximum Gasteiger partial charge on any atom is 0.408 e. The maximum atomic E-state index is 14.3. The zero-order valence-corrected chi connectivity index (χ0v) is 27.6. The van der Waals surface area contributed by atoms with Gasteiger partial charge in [0.05, 0.1) is 5.69 Å². The SMILES string of the molecule is CC(C)(C)OC(=O)N[C@@H]1C(=O)N2C(C(=O)OC(c3ccccc3)c3ccccc3)=C(/C=C3\CCN(c4cccnc4Cl)C3=O)CS[C@H]12. The van der Waals surface area contributed by atoms with Crippen LogP contribution in [0.25, 0.3) is 0 Å². The number of benzene rings is 2. The second-order valence-corrected chi connectivity index (χ2v) is 13.7. The Kier molecular flexibility index (Phi) is 9.11. The number of thioether (sulfide) groups is 1. The smallest absolute Gasteiger partial charge is 0.408 e. The Morgan fingerprint density at radius 1 is 1.02 bits per heavy atom. The van der Waals surface area contributed by atoms with Gasteiger partial charge in [0, 0.05) is 24.1 Å². The molecule has 0 spiro atoms. The molecule has 47 heavy (non-hydrogen) atoms. The quantitative estimate of drug-likeness (QED) is 0.145. The summed E-state index contributed by atoms with van der Waals surface area (Å²) in [7, 11) is 0. The molecule has 3 amide bonds. The molecule has 4 heterocycles. The van der Waals surface area contributed by atoms with E-state index in [1.54, 1.807) is 50.1 Å². The average Bonchev–Trinajstić information content (AvgIpc) is 3.41. The number of hydrogen-bond acceptors (Lipinski definition) is 8. The summed E-state index contributed by atoms with van der Waals surface area (Å²) < 4.78 is 11.6. The van der Waals surface area contributed by atoms with Crippen molar-refractivity contribution in [1.29, 1.82) is 0 Å². The molecule has 2 aromatic carbocycles. The number of alkyl carbamates (subject to hydrolysis) is 1. The molecule has 0 unspecified atom stereocenters. The van der Waals surface area contributed by atoms with Crippen molar-refractivity contribution in [2.45, 2.75) is 50.3 Å². The van der Waals surface area contributed by atoms with Gasteiger partial charge in [0.15, 0.2) is 11.3 Å². The molecule has 1 aromatic heterocycles. The number of pyridine rings is 1. The largest absolute Gasteiger partial charge is 0.448 e. The number of ether oxygens (including phenoxy) is 2. The van der Waals surface area contributed by atoms with Gasteiger partial charge in [0.25, 0.3) is 11.8 Å². The molecule has 2 fully saturated rings. The number of aromatic nitrogens is 1. The fourth-order valence-corrected chi connectivity index (χ4v) is 7.22. The van der Waals surface area contributed by atoms with Crippen molar-refractivity contribution in [3.05, 3.63) is 118 Å². The van der Waals surface area contributed by atoms with Crippen molar-refractivity contribution >= 4 is 52.9 Å². The zero-order valence-electron chi connectivity index (χ0n) is 26.0. The van der Waals surface area contributed by atoms with Crippen LogP contribution in [0.2, 0.25) is 5.15 Å². The maximum absolute atomic E-state index is 14.3. The highest BCUT2D eigenvalue weighted by Gasteiger charge is 2.55. The second-order valence-electron chi connectivity index (χ2n) is 12.2. The van der Waals surface area contributed by atoms with Crippen molar-refractivity contribution in [2.75, 3.05) is 17.2 Å². The Labute approximate surface area is 281 Å². The van der Waals surface area contributed by atoms with E-state index in [1.807, 2.05) is 60.7 Å². The first-order chi connectivity index (χ1) is 22.5. The number of hydrogen-bond donors (Lipinski definition) is 1. The molecule has 0 saturated carbocycles. The fourth-order valence-electron chi connectivity index (χ4n) is 5.69. The van der Waals surface area contributed by atoms with E-state index < -0.39 is 41.1 Å². The monoisotopic (exact) mass is 672 g/mol. The minimum atomic E-state index is -0.901. The number of carbonyl (C=O) groups is 4. The summed E-state index contributed by atoms with van der Waals surface area (Å²) in [6, 6.07) is 21.2. The number of halogens is 1. The fraction of sp³-hybridized carbons (Fsp3) is 0.286. The van der Waals surface area contributed by atoms with Gasteiger partial charge >= 0.3 is 12.1 Å². The van der Waals surface area contributed by atoms with Crippen molar-refractivity contribution in [1.82, 2.24) is 15.2 Å². The topological polar surface area (TPSA) is 118 Å². The van der Waals surface area contributed by atoms with Crippen LogP contribution in [0.3, 0.4) is 0 Å². The lowest BCUT2D eigenvalue weighted by Gasteiger charge is -2.49. The minimum Gasteiger partial charge on any atom is -0.448 e. The van der Waals surface area contributed by atoms with E-state index in [4.69, 9.17) is 21.1 Å². The van der Waals surface area contributed by atoms with Crippen LogP contribution in [0.15, 0.2) is 102 Å². The van der Waals surface area contributed by atoms with Crippen LogP contribution in [0, 0.1) is 0 Å². The number of amides is 3. The number of β-lactam (4-membered cyclic amide) rings is 1. The number of anilines is 1. The van der Waals surface area contributed by atoms with Gasteiger partial charge in [-0.2, -0.15) is 0 Å². The predicted molar refractivity (Wildman–Crippen MR) is 178 cm³/mol. The van der Waals surface area contributed by atoms with Crippen LogP contribution in [0.1, 0.15) is 44.4 Å². The molecule has 0 aliphatic carbocycles. The number of rotatable bonds is 7. The molecular weight excluding hydrogens is 640 g/mol. The van der Waals surface area contributed by atoms with E-state index in [2.05, 4.69) is 10.3 Å². The molecular formula is C35H33ClN4O6S. The Balaban J connectivity index is 1.35. The molecule has 12 heteroatoms. The van der Waals surface area contributed by atoms with Crippen molar-refractivity contribution in [2.24, 2.45) is 0 Å². The van der Waals surface area contributed by atoms with E-state index in [0.29, 0.717) is 29.8 Å². The molecule has 2 saturated heterocycles. The van der Waals surface area contributed by atoms with Crippen LogP contribution < -0.4 is 10.2 Å². The van der Waals surface area contributed by atoms with E-state index in [1.165, 1.54) is 16.7 Å². The first-order valence-electron chi connectivity index (χ1n) is 15.1. The third-order valence-electron chi connectivity index (χ3n) is 7.80. The molecule has 3 aliphatic rings. The Bertz CT molecular complexity index is 1740. The van der Waals surface area contributed by atoms with Crippen LogP contribution >= 0.6 is 23.4 Å². The normalized spacial score (nSPS) is 20.3. The summed E-state index contributed by atoms with van der Waals surface area (Å²) in [4.78, 5) is 61.0. The van der Waals surface area contributed by atoms with Gasteiger partial charge in [0.2, 0.25) is 0 Å². The first-order valence-corrected chi connectivity index (χ1v) is 16.6. The molecule has 3 aliphatic heterocycles. The van der Waals surface area contributed by atoms with E-state index in [9.17, 15) is 19.2 Å².